The van der Waals surface area contributed by atoms with Crippen LogP contribution in [-0.2, 0) is 6.42 Å². The van der Waals surface area contributed by atoms with E-state index >= 15 is 0 Å². The number of nitrogens with zero attached hydrogens (tertiary/aromatic N) is 6. The molecule has 0 atom stereocenters. The lowest BCUT2D eigenvalue weighted by Crippen LogP contribution is -2.47. The van der Waals surface area contributed by atoms with E-state index in [-0.39, 0.29) is 5.91 Å². The molecule has 8 heteroatoms. The molecule has 0 radical (unpaired) electrons. The summed E-state index contributed by atoms with van der Waals surface area (Å²) < 4.78 is 2.10. The lowest BCUT2D eigenvalue weighted by Gasteiger charge is -2.35. The zero-order chi connectivity index (χ0) is 21.8. The second-order valence-corrected chi connectivity index (χ2v) is 7.79. The Balaban J connectivity index is 1.25. The number of carbonyl (C=O) groups excluding carboxylic acids is 1. The number of rotatable bonds is 6. The first-order valence-corrected chi connectivity index (χ1v) is 10.8. The summed E-state index contributed by atoms with van der Waals surface area (Å²) in [5, 5.41) is 3.01. The van der Waals surface area contributed by atoms with Crippen molar-refractivity contribution in [3.63, 3.8) is 0 Å². The molecule has 0 unspecified atom stereocenters. The average Bonchev–Trinajstić information content (AvgIpc) is 3.28. The predicted molar refractivity (Wildman–Crippen MR) is 124 cm³/mol. The molecule has 1 amide bonds. The highest BCUT2D eigenvalue weighted by Crippen LogP contribution is 2.22. The topological polar surface area (TPSA) is 78.7 Å². The van der Waals surface area contributed by atoms with Crippen molar-refractivity contribution in [2.75, 3.05) is 42.5 Å². The Labute approximate surface area is 186 Å². The monoisotopic (exact) mass is 427 g/mol. The summed E-state index contributed by atoms with van der Waals surface area (Å²) in [4.78, 5) is 30.1. The highest BCUT2D eigenvalue weighted by atomic mass is 16.1. The fourth-order valence-electron chi connectivity index (χ4n) is 4.04. The number of hydrogen-bond donors (Lipinski definition) is 1. The SMILES string of the molecule is O=C(NCCc1cccnc1)c1ccc2ccc(N3CCN(c4ncccn4)CC3)n2c1. The minimum absolute atomic E-state index is 0.0681. The second-order valence-electron chi connectivity index (χ2n) is 7.79. The number of hydrogen-bond acceptors (Lipinski definition) is 6. The van der Waals surface area contributed by atoms with Crippen LogP contribution in [0, 0.1) is 0 Å². The van der Waals surface area contributed by atoms with E-state index in [9.17, 15) is 4.79 Å². The molecule has 162 valence electrons. The lowest BCUT2D eigenvalue weighted by molar-refractivity contribution is 0.0953. The lowest BCUT2D eigenvalue weighted by atomic mass is 10.2. The van der Waals surface area contributed by atoms with E-state index in [1.165, 1.54) is 0 Å². The molecule has 5 rings (SSSR count). The van der Waals surface area contributed by atoms with E-state index in [1.807, 2.05) is 42.7 Å². The van der Waals surface area contributed by atoms with Crippen LogP contribution in [0.2, 0.25) is 0 Å². The van der Waals surface area contributed by atoms with Gasteiger partial charge in [0.05, 0.1) is 5.56 Å². The first-order chi connectivity index (χ1) is 15.8. The van der Waals surface area contributed by atoms with Crippen LogP contribution in [0.3, 0.4) is 0 Å². The maximum atomic E-state index is 12.7. The van der Waals surface area contributed by atoms with Gasteiger partial charge in [0.15, 0.2) is 0 Å². The average molecular weight is 428 g/mol. The van der Waals surface area contributed by atoms with Crippen molar-refractivity contribution in [1.82, 2.24) is 24.7 Å². The van der Waals surface area contributed by atoms with Gasteiger partial charge in [-0.1, -0.05) is 6.07 Å². The number of pyridine rings is 2. The van der Waals surface area contributed by atoms with Crippen LogP contribution in [0.1, 0.15) is 15.9 Å². The first-order valence-electron chi connectivity index (χ1n) is 10.8. The van der Waals surface area contributed by atoms with Gasteiger partial charge in [-0.05, 0) is 48.4 Å². The van der Waals surface area contributed by atoms with E-state index in [2.05, 4.69) is 46.6 Å². The van der Waals surface area contributed by atoms with Crippen LogP contribution in [0.15, 0.2) is 73.4 Å². The molecule has 4 aromatic rings. The molecule has 1 fully saturated rings. The molecule has 1 aliphatic heterocycles. The van der Waals surface area contributed by atoms with Gasteiger partial charge in [0.1, 0.15) is 5.82 Å². The molecule has 0 bridgehead atoms. The summed E-state index contributed by atoms with van der Waals surface area (Å²) in [5.74, 6) is 1.80. The van der Waals surface area contributed by atoms with Gasteiger partial charge in [0, 0.05) is 69.2 Å². The zero-order valence-corrected chi connectivity index (χ0v) is 17.8. The molecule has 1 saturated heterocycles. The second kappa shape index (κ2) is 9.05. The van der Waals surface area contributed by atoms with Crippen molar-refractivity contribution in [1.29, 1.82) is 0 Å². The molecule has 4 aromatic heterocycles. The Kier molecular flexibility index (Phi) is 5.65. The third kappa shape index (κ3) is 4.25. The summed E-state index contributed by atoms with van der Waals surface area (Å²) in [6.07, 6.45) is 9.81. The third-order valence-corrected chi connectivity index (χ3v) is 5.75. The van der Waals surface area contributed by atoms with E-state index in [0.29, 0.717) is 12.1 Å². The van der Waals surface area contributed by atoms with E-state index < -0.39 is 0 Å². The van der Waals surface area contributed by atoms with Crippen LogP contribution in [-0.4, -0.2) is 58.0 Å². The number of aromatic nitrogens is 4. The molecule has 32 heavy (non-hydrogen) atoms. The van der Waals surface area contributed by atoms with Gasteiger partial charge < -0.3 is 19.5 Å². The molecule has 1 aliphatic rings. The standard InChI is InChI=1S/C24H25N7O/c32-23(26-12-8-19-3-1-9-25-17-19)20-4-5-21-6-7-22(31(21)18-20)29-13-15-30(16-14-29)24-27-10-2-11-28-24/h1-7,9-11,17-18H,8,12-16H2,(H,26,32). The minimum atomic E-state index is -0.0681. The van der Waals surface area contributed by atoms with Crippen molar-refractivity contribution in [3.05, 3.63) is 84.6 Å². The van der Waals surface area contributed by atoms with Gasteiger partial charge in [-0.3, -0.25) is 9.78 Å². The highest BCUT2D eigenvalue weighted by molar-refractivity contribution is 5.94. The van der Waals surface area contributed by atoms with Gasteiger partial charge in [-0.25, -0.2) is 9.97 Å². The van der Waals surface area contributed by atoms with Gasteiger partial charge >= 0.3 is 0 Å². The molecular formula is C24H25N7O. The van der Waals surface area contributed by atoms with Crippen molar-refractivity contribution < 1.29 is 4.79 Å². The molecule has 0 spiro atoms. The summed E-state index contributed by atoms with van der Waals surface area (Å²) >= 11 is 0. The number of fused-ring (bicyclic) bond motifs is 1. The fourth-order valence-corrected chi connectivity index (χ4v) is 4.04. The number of carbonyl (C=O) groups is 1. The summed E-state index contributed by atoms with van der Waals surface area (Å²) in [6, 6.07) is 13.8. The van der Waals surface area contributed by atoms with Crippen LogP contribution in [0.4, 0.5) is 11.8 Å². The molecule has 8 nitrogen and oxygen atoms in total. The Bertz CT molecular complexity index is 1180. The third-order valence-electron chi connectivity index (χ3n) is 5.75. The number of nitrogens with one attached hydrogen (secondary N) is 1. The largest absolute Gasteiger partial charge is 0.354 e. The molecule has 1 N–H and O–H groups in total. The van der Waals surface area contributed by atoms with Gasteiger partial charge in [-0.15, -0.1) is 0 Å². The summed E-state index contributed by atoms with van der Waals surface area (Å²) in [6.45, 7) is 4.01. The Morgan fingerprint density at radius 2 is 1.69 bits per heavy atom. The highest BCUT2D eigenvalue weighted by Gasteiger charge is 2.21. The molecule has 0 aromatic carbocycles. The van der Waals surface area contributed by atoms with Gasteiger partial charge in [0.25, 0.3) is 5.91 Å². The van der Waals surface area contributed by atoms with Crippen molar-refractivity contribution >= 4 is 23.2 Å². The predicted octanol–water partition coefficient (Wildman–Crippen LogP) is 2.42. The maximum absolute atomic E-state index is 12.7. The van der Waals surface area contributed by atoms with E-state index in [1.54, 1.807) is 18.6 Å². The molecular weight excluding hydrogens is 402 g/mol. The Morgan fingerprint density at radius 1 is 0.906 bits per heavy atom. The van der Waals surface area contributed by atoms with Crippen LogP contribution < -0.4 is 15.1 Å². The Morgan fingerprint density at radius 3 is 2.47 bits per heavy atom. The first kappa shape index (κ1) is 20.0. The van der Waals surface area contributed by atoms with Gasteiger partial charge in [0.2, 0.25) is 5.95 Å². The van der Waals surface area contributed by atoms with Crippen molar-refractivity contribution in [2.24, 2.45) is 0 Å². The smallest absolute Gasteiger partial charge is 0.252 e. The van der Waals surface area contributed by atoms with Gasteiger partial charge in [-0.2, -0.15) is 0 Å². The number of piperazine rings is 1. The quantitative estimate of drug-likeness (QED) is 0.509. The van der Waals surface area contributed by atoms with Crippen LogP contribution >= 0.6 is 0 Å². The fraction of sp³-hybridized carbons (Fsp3) is 0.250. The zero-order valence-electron chi connectivity index (χ0n) is 17.8. The van der Waals surface area contributed by atoms with E-state index in [4.69, 9.17) is 0 Å². The normalized spacial score (nSPS) is 14.0. The van der Waals surface area contributed by atoms with Crippen molar-refractivity contribution in [3.8, 4) is 0 Å². The maximum Gasteiger partial charge on any atom is 0.252 e. The molecule has 5 heterocycles. The number of amides is 1. The molecule has 0 aliphatic carbocycles. The summed E-state index contributed by atoms with van der Waals surface area (Å²) in [5.41, 5.74) is 2.83. The summed E-state index contributed by atoms with van der Waals surface area (Å²) in [7, 11) is 0. The Hall–Kier alpha value is -3.94. The van der Waals surface area contributed by atoms with Crippen molar-refractivity contribution in [2.45, 2.75) is 6.42 Å². The minimum Gasteiger partial charge on any atom is -0.354 e. The van der Waals surface area contributed by atoms with Crippen LogP contribution in [0.25, 0.3) is 5.52 Å². The van der Waals surface area contributed by atoms with Crippen LogP contribution in [0.5, 0.6) is 0 Å². The number of anilines is 2. The molecule has 0 saturated carbocycles. The van der Waals surface area contributed by atoms with E-state index in [0.717, 1.165) is 55.4 Å².